The molecule has 0 spiro atoms. The van der Waals surface area contributed by atoms with Gasteiger partial charge in [0.2, 0.25) is 5.75 Å². The van der Waals surface area contributed by atoms with Crippen LogP contribution in [-0.2, 0) is 14.3 Å². The molecular weight excluding hydrogens is 447 g/mol. The summed E-state index contributed by atoms with van der Waals surface area (Å²) in [4.78, 5) is 40.9. The fraction of sp³-hybridized carbons (Fsp3) is 0.417. The van der Waals surface area contributed by atoms with Crippen molar-refractivity contribution in [1.29, 1.82) is 0 Å². The largest absolute Gasteiger partial charge is 0.493 e. The number of carbonyl (C=O) groups is 3. The maximum absolute atomic E-state index is 13.1. The normalized spacial score (nSPS) is 13.4. The van der Waals surface area contributed by atoms with Crippen LogP contribution in [0.2, 0.25) is 0 Å². The molecule has 0 unspecified atom stereocenters. The van der Waals surface area contributed by atoms with Crippen LogP contribution in [0.5, 0.6) is 17.2 Å². The monoisotopic (exact) mass is 476 g/mol. The van der Waals surface area contributed by atoms with Gasteiger partial charge in [0.05, 0.1) is 7.11 Å². The van der Waals surface area contributed by atoms with Crippen LogP contribution in [0.1, 0.15) is 45.1 Å². The van der Waals surface area contributed by atoms with Crippen LogP contribution in [0.4, 0.5) is 4.39 Å². The number of aromatic nitrogens is 1. The van der Waals surface area contributed by atoms with Crippen LogP contribution in [0.15, 0.2) is 36.5 Å². The lowest BCUT2D eigenvalue weighted by atomic mass is 10.0. The Hall–Kier alpha value is -3.69. The lowest BCUT2D eigenvalue weighted by Crippen LogP contribution is -2.45. The first kappa shape index (κ1) is 26.6. The second-order valence-corrected chi connectivity index (χ2v) is 7.90. The first-order valence-corrected chi connectivity index (χ1v) is 10.7. The van der Waals surface area contributed by atoms with Gasteiger partial charge in [-0.3, -0.25) is 9.59 Å². The van der Waals surface area contributed by atoms with Crippen LogP contribution in [0, 0.1) is 11.7 Å². The topological polar surface area (TPSA) is 113 Å². The van der Waals surface area contributed by atoms with Crippen molar-refractivity contribution in [2.24, 2.45) is 5.92 Å². The van der Waals surface area contributed by atoms with E-state index in [0.29, 0.717) is 5.75 Å². The SMILES string of the molecule is COc1ccnc(C(=O)N[C@@H](C)C(=O)O[C@H](C(C)C)[C@H](C)Oc2ccc(F)cc2)c1OC(C)=O. The minimum Gasteiger partial charge on any atom is -0.493 e. The van der Waals surface area contributed by atoms with Gasteiger partial charge in [0, 0.05) is 19.2 Å². The number of benzene rings is 1. The number of pyridine rings is 1. The zero-order valence-electron chi connectivity index (χ0n) is 20.0. The molecule has 0 fully saturated rings. The molecule has 0 radical (unpaired) electrons. The number of esters is 2. The highest BCUT2D eigenvalue weighted by Gasteiger charge is 2.30. The number of methoxy groups -OCH3 is 1. The van der Waals surface area contributed by atoms with E-state index >= 15 is 0 Å². The molecule has 3 atom stereocenters. The minimum atomic E-state index is -1.05. The molecule has 0 aliphatic heterocycles. The summed E-state index contributed by atoms with van der Waals surface area (Å²) in [7, 11) is 1.35. The van der Waals surface area contributed by atoms with Crippen molar-refractivity contribution in [1.82, 2.24) is 10.3 Å². The van der Waals surface area contributed by atoms with Crippen LogP contribution < -0.4 is 19.5 Å². The molecule has 2 rings (SSSR count). The van der Waals surface area contributed by atoms with E-state index in [1.54, 1.807) is 6.92 Å². The smallest absolute Gasteiger partial charge is 0.328 e. The van der Waals surface area contributed by atoms with Gasteiger partial charge >= 0.3 is 11.9 Å². The summed E-state index contributed by atoms with van der Waals surface area (Å²) in [5.74, 6) is -2.21. The zero-order valence-corrected chi connectivity index (χ0v) is 20.0. The van der Waals surface area contributed by atoms with E-state index in [4.69, 9.17) is 18.9 Å². The molecule has 34 heavy (non-hydrogen) atoms. The Balaban J connectivity index is 2.09. The first-order chi connectivity index (χ1) is 16.0. The highest BCUT2D eigenvalue weighted by Crippen LogP contribution is 2.29. The second kappa shape index (κ2) is 12.0. The fourth-order valence-electron chi connectivity index (χ4n) is 3.12. The van der Waals surface area contributed by atoms with Crippen molar-refractivity contribution < 1.29 is 37.7 Å². The summed E-state index contributed by atoms with van der Waals surface area (Å²) in [6.07, 6.45) is 0.115. The van der Waals surface area contributed by atoms with Gasteiger partial charge < -0.3 is 24.3 Å². The highest BCUT2D eigenvalue weighted by atomic mass is 19.1. The Bertz CT molecular complexity index is 1010. The average molecular weight is 477 g/mol. The molecular formula is C24H29FN2O7. The minimum absolute atomic E-state index is 0.113. The van der Waals surface area contributed by atoms with Crippen molar-refractivity contribution >= 4 is 17.8 Å². The van der Waals surface area contributed by atoms with E-state index in [-0.39, 0.29) is 23.1 Å². The number of ether oxygens (including phenoxy) is 4. The third-order valence-electron chi connectivity index (χ3n) is 4.76. The van der Waals surface area contributed by atoms with E-state index in [2.05, 4.69) is 10.3 Å². The molecule has 0 saturated carbocycles. The van der Waals surface area contributed by atoms with Crippen molar-refractivity contribution in [3.8, 4) is 17.2 Å². The van der Waals surface area contributed by atoms with Crippen molar-refractivity contribution in [3.63, 3.8) is 0 Å². The van der Waals surface area contributed by atoms with Gasteiger partial charge in [-0.25, -0.2) is 14.2 Å². The predicted octanol–water partition coefficient (Wildman–Crippen LogP) is 3.31. The molecule has 0 aliphatic rings. The molecule has 0 aliphatic carbocycles. The van der Waals surface area contributed by atoms with E-state index < -0.39 is 41.9 Å². The summed E-state index contributed by atoms with van der Waals surface area (Å²) in [5.41, 5.74) is -0.220. The number of amides is 1. The summed E-state index contributed by atoms with van der Waals surface area (Å²) in [6.45, 7) is 8.08. The van der Waals surface area contributed by atoms with Crippen molar-refractivity contribution in [2.75, 3.05) is 7.11 Å². The molecule has 1 amide bonds. The van der Waals surface area contributed by atoms with Gasteiger partial charge in [-0.1, -0.05) is 13.8 Å². The third-order valence-corrected chi connectivity index (χ3v) is 4.76. The maximum Gasteiger partial charge on any atom is 0.328 e. The Kier molecular flexibility index (Phi) is 9.35. The van der Waals surface area contributed by atoms with Crippen molar-refractivity contribution in [3.05, 3.63) is 48.0 Å². The number of rotatable bonds is 10. The molecule has 10 heteroatoms. The van der Waals surface area contributed by atoms with E-state index in [9.17, 15) is 18.8 Å². The second-order valence-electron chi connectivity index (χ2n) is 7.90. The van der Waals surface area contributed by atoms with Gasteiger partial charge in [-0.05, 0) is 44.0 Å². The fourth-order valence-corrected chi connectivity index (χ4v) is 3.12. The molecule has 9 nitrogen and oxygen atoms in total. The van der Waals surface area contributed by atoms with E-state index in [1.807, 2.05) is 13.8 Å². The molecule has 184 valence electrons. The molecule has 1 N–H and O–H groups in total. The Morgan fingerprint density at radius 1 is 1.03 bits per heavy atom. The van der Waals surface area contributed by atoms with E-state index in [0.717, 1.165) is 0 Å². The van der Waals surface area contributed by atoms with Gasteiger partial charge in [0.15, 0.2) is 11.4 Å². The number of halogens is 1. The molecule has 2 aromatic rings. The third kappa shape index (κ3) is 7.16. The summed E-state index contributed by atoms with van der Waals surface area (Å²) in [6, 6.07) is 5.89. The van der Waals surface area contributed by atoms with E-state index in [1.165, 1.54) is 57.5 Å². The summed E-state index contributed by atoms with van der Waals surface area (Å²) in [5, 5.41) is 2.49. The lowest BCUT2D eigenvalue weighted by molar-refractivity contribution is -0.158. The number of nitrogens with one attached hydrogen (secondary N) is 1. The van der Waals surface area contributed by atoms with Crippen molar-refractivity contribution in [2.45, 2.75) is 52.9 Å². The summed E-state index contributed by atoms with van der Waals surface area (Å²) < 4.78 is 34.8. The number of nitrogens with zero attached hydrogens (tertiary/aromatic N) is 1. The Morgan fingerprint density at radius 2 is 1.68 bits per heavy atom. The standard InChI is InChI=1S/C24H29FN2O7/c1-13(2)21(15(4)32-18-9-7-17(25)8-10-18)34-24(30)14(3)27-23(29)20-22(33-16(5)28)19(31-6)11-12-26-20/h7-15,21H,1-6H3,(H,27,29)/t14-,15-,21+/m0/s1. The average Bonchev–Trinajstić information content (AvgIpc) is 2.78. The van der Waals surface area contributed by atoms with Crippen LogP contribution in [-0.4, -0.2) is 48.2 Å². The maximum atomic E-state index is 13.1. The first-order valence-electron chi connectivity index (χ1n) is 10.7. The van der Waals surface area contributed by atoms with Crippen LogP contribution in [0.25, 0.3) is 0 Å². The quantitative estimate of drug-likeness (QED) is 0.520. The van der Waals surface area contributed by atoms with Gasteiger partial charge in [-0.2, -0.15) is 0 Å². The van der Waals surface area contributed by atoms with Gasteiger partial charge in [0.25, 0.3) is 5.91 Å². The van der Waals surface area contributed by atoms with Crippen LogP contribution >= 0.6 is 0 Å². The zero-order chi connectivity index (χ0) is 25.4. The molecule has 1 aromatic heterocycles. The Morgan fingerprint density at radius 3 is 2.24 bits per heavy atom. The Labute approximate surface area is 197 Å². The van der Waals surface area contributed by atoms with Crippen LogP contribution in [0.3, 0.4) is 0 Å². The molecule has 1 aromatic carbocycles. The van der Waals surface area contributed by atoms with Gasteiger partial charge in [-0.15, -0.1) is 0 Å². The molecule has 0 saturated heterocycles. The predicted molar refractivity (Wildman–Crippen MR) is 120 cm³/mol. The lowest BCUT2D eigenvalue weighted by Gasteiger charge is -2.29. The number of hydrogen-bond donors (Lipinski definition) is 1. The van der Waals surface area contributed by atoms with Gasteiger partial charge in [0.1, 0.15) is 29.8 Å². The molecule has 1 heterocycles. The molecule has 0 bridgehead atoms. The number of carbonyl (C=O) groups excluding carboxylic acids is 3. The highest BCUT2D eigenvalue weighted by molar-refractivity contribution is 5.98. The number of hydrogen-bond acceptors (Lipinski definition) is 8. The summed E-state index contributed by atoms with van der Waals surface area (Å²) >= 11 is 0.